The Morgan fingerprint density at radius 2 is 1.57 bits per heavy atom. The molecule has 0 spiro atoms. The van der Waals surface area contributed by atoms with Gasteiger partial charge in [0, 0.05) is 16.8 Å². The zero-order chi connectivity index (χ0) is 16.7. The highest BCUT2D eigenvalue weighted by molar-refractivity contribution is 7.90. The van der Waals surface area contributed by atoms with Gasteiger partial charge in [0.1, 0.15) is 0 Å². The van der Waals surface area contributed by atoms with Gasteiger partial charge >= 0.3 is 6.03 Å². The van der Waals surface area contributed by atoms with Crippen LogP contribution in [0.25, 0.3) is 11.1 Å². The first kappa shape index (κ1) is 17.2. The number of nitrogens with one attached hydrogen (secondary N) is 2. The van der Waals surface area contributed by atoms with Gasteiger partial charge < -0.3 is 5.32 Å². The molecule has 2 N–H and O–H groups in total. The lowest BCUT2D eigenvalue weighted by Crippen LogP contribution is -2.39. The Hall–Kier alpha value is -2.12. The highest BCUT2D eigenvalue weighted by atomic mass is 32.2. The number of hydrogen-bond acceptors (Lipinski definition) is 3. The molecule has 7 heteroatoms. The van der Waals surface area contributed by atoms with E-state index in [1.54, 1.807) is 12.1 Å². The summed E-state index contributed by atoms with van der Waals surface area (Å²) in [6, 6.07) is 16.0. The van der Waals surface area contributed by atoms with Crippen molar-refractivity contribution in [2.24, 2.45) is 0 Å². The molecule has 0 aliphatic carbocycles. The summed E-state index contributed by atoms with van der Waals surface area (Å²) in [6.07, 6.45) is 0.718. The van der Waals surface area contributed by atoms with Crippen molar-refractivity contribution in [2.45, 2.75) is 17.4 Å². The standard InChI is InChI=1S/C16H17N2O3SSi/c19-16(17-11-4-12-23)18-22(20,21)15-9-7-14(8-10-15)13-5-2-1-3-6-13/h1-3,5-10H,4,11-12H2,(H2,17,18,19). The Bertz CT molecular complexity index is 747. The molecule has 0 unspecified atom stereocenters. The second-order valence-electron chi connectivity index (χ2n) is 4.86. The molecular weight excluding hydrogens is 328 g/mol. The van der Waals surface area contributed by atoms with Crippen LogP contribution in [0, 0.1) is 0 Å². The van der Waals surface area contributed by atoms with Gasteiger partial charge in [0.2, 0.25) is 0 Å². The molecule has 2 rings (SSSR count). The lowest BCUT2D eigenvalue weighted by Gasteiger charge is -2.09. The van der Waals surface area contributed by atoms with Crippen molar-refractivity contribution < 1.29 is 13.2 Å². The maximum absolute atomic E-state index is 12.1. The van der Waals surface area contributed by atoms with Crippen LogP contribution in [0.5, 0.6) is 0 Å². The van der Waals surface area contributed by atoms with Crippen molar-refractivity contribution in [3.63, 3.8) is 0 Å². The quantitative estimate of drug-likeness (QED) is 0.623. The summed E-state index contributed by atoms with van der Waals surface area (Å²) < 4.78 is 26.3. The molecule has 2 amide bonds. The largest absolute Gasteiger partial charge is 0.337 e. The predicted octanol–water partition coefficient (Wildman–Crippen LogP) is 2.32. The van der Waals surface area contributed by atoms with Crippen molar-refractivity contribution in [2.75, 3.05) is 6.54 Å². The molecular formula is C16H17N2O3SSi. The van der Waals surface area contributed by atoms with Crippen LogP contribution in [0.2, 0.25) is 6.04 Å². The molecule has 0 fully saturated rings. The summed E-state index contributed by atoms with van der Waals surface area (Å²) in [7, 11) is -0.590. The first-order chi connectivity index (χ1) is 11.0. The monoisotopic (exact) mass is 345 g/mol. The molecule has 23 heavy (non-hydrogen) atoms. The summed E-state index contributed by atoms with van der Waals surface area (Å²) >= 11 is 0. The van der Waals surface area contributed by atoms with E-state index in [0.717, 1.165) is 23.6 Å². The molecule has 0 bridgehead atoms. The first-order valence-corrected chi connectivity index (χ1v) is 9.33. The van der Waals surface area contributed by atoms with Crippen molar-refractivity contribution in [3.05, 3.63) is 54.6 Å². The minimum Gasteiger partial charge on any atom is -0.337 e. The molecule has 0 aliphatic heterocycles. The second kappa shape index (κ2) is 7.93. The number of carbonyl (C=O) groups excluding carboxylic acids is 1. The van der Waals surface area contributed by atoms with E-state index in [1.165, 1.54) is 12.1 Å². The van der Waals surface area contributed by atoms with E-state index < -0.39 is 16.1 Å². The molecule has 0 heterocycles. The highest BCUT2D eigenvalue weighted by Crippen LogP contribution is 2.20. The number of sulfonamides is 1. The summed E-state index contributed by atoms with van der Waals surface area (Å²) in [5, 5.41) is 2.49. The van der Waals surface area contributed by atoms with E-state index in [2.05, 4.69) is 15.6 Å². The number of rotatable bonds is 6. The third kappa shape index (κ3) is 4.94. The van der Waals surface area contributed by atoms with Crippen LogP contribution in [-0.2, 0) is 10.0 Å². The molecule has 3 radical (unpaired) electrons. The average Bonchev–Trinajstić information content (AvgIpc) is 2.55. The minimum absolute atomic E-state index is 0.0486. The van der Waals surface area contributed by atoms with Crippen LogP contribution >= 0.6 is 0 Å². The Balaban J connectivity index is 2.07. The smallest absolute Gasteiger partial charge is 0.328 e. The lowest BCUT2D eigenvalue weighted by atomic mass is 10.1. The number of urea groups is 1. The molecule has 5 nitrogen and oxygen atoms in total. The molecule has 2 aromatic carbocycles. The van der Waals surface area contributed by atoms with E-state index in [-0.39, 0.29) is 4.90 Å². The van der Waals surface area contributed by atoms with Gasteiger partial charge in [0.05, 0.1) is 4.90 Å². The van der Waals surface area contributed by atoms with E-state index in [0.29, 0.717) is 6.54 Å². The van der Waals surface area contributed by atoms with Gasteiger partial charge in [0.25, 0.3) is 10.0 Å². The highest BCUT2D eigenvalue weighted by Gasteiger charge is 2.17. The fraction of sp³-hybridized carbons (Fsp3) is 0.188. The third-order valence-corrected chi connectivity index (χ3v) is 4.84. The van der Waals surface area contributed by atoms with Crippen LogP contribution in [0.3, 0.4) is 0 Å². The maximum Gasteiger partial charge on any atom is 0.328 e. The van der Waals surface area contributed by atoms with Crippen LogP contribution in [-0.4, -0.2) is 31.2 Å². The molecule has 0 aromatic heterocycles. The van der Waals surface area contributed by atoms with Crippen molar-refractivity contribution >= 4 is 26.3 Å². The summed E-state index contributed by atoms with van der Waals surface area (Å²) in [5.41, 5.74) is 1.91. The van der Waals surface area contributed by atoms with E-state index in [9.17, 15) is 13.2 Å². The van der Waals surface area contributed by atoms with Gasteiger partial charge in [-0.3, -0.25) is 0 Å². The van der Waals surface area contributed by atoms with E-state index in [1.807, 2.05) is 35.1 Å². The number of amides is 2. The normalized spacial score (nSPS) is 11.0. The first-order valence-electron chi connectivity index (χ1n) is 7.13. The van der Waals surface area contributed by atoms with Crippen LogP contribution in [0.15, 0.2) is 59.5 Å². The molecule has 0 aliphatic rings. The fourth-order valence-corrected chi connectivity index (χ4v) is 3.07. The third-order valence-electron chi connectivity index (χ3n) is 3.14. The Labute approximate surface area is 139 Å². The number of benzene rings is 2. The van der Waals surface area contributed by atoms with Gasteiger partial charge in [-0.25, -0.2) is 17.9 Å². The van der Waals surface area contributed by atoms with Crippen molar-refractivity contribution in [1.82, 2.24) is 10.0 Å². The van der Waals surface area contributed by atoms with Crippen LogP contribution in [0.4, 0.5) is 4.79 Å². The molecule has 0 saturated carbocycles. The Morgan fingerprint density at radius 1 is 0.957 bits per heavy atom. The molecule has 2 aromatic rings. The summed E-state index contributed by atoms with van der Waals surface area (Å²) in [6.45, 7) is 0.401. The van der Waals surface area contributed by atoms with Gasteiger partial charge in [-0.15, -0.1) is 0 Å². The SMILES string of the molecule is O=C(NCCC[Si])NS(=O)(=O)c1ccc(-c2ccccc2)cc1. The van der Waals surface area contributed by atoms with Crippen LogP contribution in [0.1, 0.15) is 6.42 Å². The Kier molecular flexibility index (Phi) is 5.95. The maximum atomic E-state index is 12.1. The average molecular weight is 345 g/mol. The van der Waals surface area contributed by atoms with E-state index >= 15 is 0 Å². The minimum atomic E-state index is -3.87. The Morgan fingerprint density at radius 3 is 2.17 bits per heavy atom. The van der Waals surface area contributed by atoms with Gasteiger partial charge in [-0.05, 0) is 29.7 Å². The molecule has 0 saturated heterocycles. The van der Waals surface area contributed by atoms with Gasteiger partial charge in [-0.1, -0.05) is 48.5 Å². The van der Waals surface area contributed by atoms with Crippen LogP contribution < -0.4 is 10.0 Å². The molecule has 119 valence electrons. The number of hydrogen-bond donors (Lipinski definition) is 2. The lowest BCUT2D eigenvalue weighted by molar-refractivity contribution is 0.246. The van der Waals surface area contributed by atoms with Gasteiger partial charge in [-0.2, -0.15) is 0 Å². The van der Waals surface area contributed by atoms with Gasteiger partial charge in [0.15, 0.2) is 0 Å². The topological polar surface area (TPSA) is 75.3 Å². The van der Waals surface area contributed by atoms with Crippen molar-refractivity contribution in [1.29, 1.82) is 0 Å². The predicted molar refractivity (Wildman–Crippen MR) is 90.8 cm³/mol. The summed E-state index contributed by atoms with van der Waals surface area (Å²) in [4.78, 5) is 11.6. The second-order valence-corrected chi connectivity index (χ2v) is 7.04. The summed E-state index contributed by atoms with van der Waals surface area (Å²) in [5.74, 6) is 0. The fourth-order valence-electron chi connectivity index (χ4n) is 1.96. The molecule has 0 atom stereocenters. The van der Waals surface area contributed by atoms with E-state index in [4.69, 9.17) is 0 Å². The zero-order valence-electron chi connectivity index (χ0n) is 12.5. The number of carbonyl (C=O) groups is 1. The zero-order valence-corrected chi connectivity index (χ0v) is 14.3. The van der Waals surface area contributed by atoms with Crippen molar-refractivity contribution in [3.8, 4) is 11.1 Å².